The van der Waals surface area contributed by atoms with Gasteiger partial charge in [0, 0.05) is 19.6 Å². The molecular weight excluding hydrogens is 396 g/mol. The van der Waals surface area contributed by atoms with Gasteiger partial charge in [-0.25, -0.2) is 8.42 Å². The van der Waals surface area contributed by atoms with Crippen molar-refractivity contribution in [3.8, 4) is 6.07 Å². The van der Waals surface area contributed by atoms with Gasteiger partial charge in [0.05, 0.1) is 17.7 Å². The largest absolute Gasteiger partial charge is 0.336 e. The van der Waals surface area contributed by atoms with Gasteiger partial charge in [-0.3, -0.25) is 4.79 Å². The lowest BCUT2D eigenvalue weighted by Gasteiger charge is -2.27. The van der Waals surface area contributed by atoms with Crippen LogP contribution < -0.4 is 4.72 Å². The highest BCUT2D eigenvalue weighted by Crippen LogP contribution is 2.16. The fourth-order valence-electron chi connectivity index (χ4n) is 2.52. The van der Waals surface area contributed by atoms with Gasteiger partial charge in [-0.15, -0.1) is 11.3 Å². The summed E-state index contributed by atoms with van der Waals surface area (Å²) >= 11 is 1.10. The molecule has 1 atom stereocenters. The fourth-order valence-corrected chi connectivity index (χ4v) is 4.73. The van der Waals surface area contributed by atoms with Crippen molar-refractivity contribution >= 4 is 27.3 Å². The summed E-state index contributed by atoms with van der Waals surface area (Å²) < 4.78 is 27.5. The average Bonchev–Trinajstić information content (AvgIpc) is 3.20. The Hall–Kier alpha value is -2.25. The third-order valence-corrected chi connectivity index (χ3v) is 6.99. The van der Waals surface area contributed by atoms with E-state index in [1.165, 1.54) is 6.07 Å². The second-order valence-corrected chi connectivity index (χ2v) is 9.54. The van der Waals surface area contributed by atoms with Crippen molar-refractivity contribution in [3.05, 3.63) is 52.9 Å². The molecule has 7 nitrogen and oxygen atoms in total. The van der Waals surface area contributed by atoms with E-state index in [1.54, 1.807) is 47.5 Å². The maximum atomic E-state index is 13.0. The van der Waals surface area contributed by atoms with Crippen LogP contribution in [-0.2, 0) is 21.4 Å². The Bertz CT molecular complexity index is 917. The standard InChI is InChI=1S/C19H24N4O3S2/c1-15(21-28(25,26)18-5-4-12-27-18)19(24)23(11-10-22(2)3)14-17-8-6-16(13-20)7-9-17/h4-9,12,15,21H,10-11,14H2,1-3H3. The van der Waals surface area contributed by atoms with Gasteiger partial charge in [0.1, 0.15) is 4.21 Å². The highest BCUT2D eigenvalue weighted by Gasteiger charge is 2.26. The first-order valence-corrected chi connectivity index (χ1v) is 11.1. The van der Waals surface area contributed by atoms with Crippen molar-refractivity contribution in [2.75, 3.05) is 27.2 Å². The molecule has 9 heteroatoms. The number of likely N-dealkylation sites (N-methyl/N-ethyl adjacent to an activating group) is 1. The van der Waals surface area contributed by atoms with Crippen LogP contribution in [0.2, 0.25) is 0 Å². The summed E-state index contributed by atoms with van der Waals surface area (Å²) in [5, 5.41) is 10.6. The normalized spacial score (nSPS) is 12.5. The van der Waals surface area contributed by atoms with Crippen LogP contribution in [0.25, 0.3) is 0 Å². The van der Waals surface area contributed by atoms with Gasteiger partial charge in [0.15, 0.2) is 0 Å². The molecule has 0 radical (unpaired) electrons. The van der Waals surface area contributed by atoms with Gasteiger partial charge in [-0.2, -0.15) is 9.98 Å². The van der Waals surface area contributed by atoms with E-state index in [1.807, 2.05) is 19.0 Å². The second kappa shape index (κ2) is 9.80. The predicted molar refractivity (Wildman–Crippen MR) is 109 cm³/mol. The summed E-state index contributed by atoms with van der Waals surface area (Å²) in [6.45, 7) is 2.99. The zero-order chi connectivity index (χ0) is 20.7. The Morgan fingerprint density at radius 2 is 1.89 bits per heavy atom. The van der Waals surface area contributed by atoms with Crippen molar-refractivity contribution in [2.24, 2.45) is 0 Å². The van der Waals surface area contributed by atoms with Gasteiger partial charge in [0.2, 0.25) is 5.91 Å². The molecule has 0 aliphatic rings. The zero-order valence-corrected chi connectivity index (χ0v) is 17.8. The van der Waals surface area contributed by atoms with Gasteiger partial charge in [-0.05, 0) is 50.2 Å². The maximum absolute atomic E-state index is 13.0. The van der Waals surface area contributed by atoms with Crippen molar-refractivity contribution in [2.45, 2.75) is 23.7 Å². The topological polar surface area (TPSA) is 93.5 Å². The van der Waals surface area contributed by atoms with Crippen LogP contribution in [0.4, 0.5) is 0 Å². The molecule has 0 saturated heterocycles. The number of carbonyl (C=O) groups excluding carboxylic acids is 1. The molecule has 0 aliphatic carbocycles. The number of nitriles is 1. The smallest absolute Gasteiger partial charge is 0.250 e. The molecule has 0 spiro atoms. The molecule has 150 valence electrons. The summed E-state index contributed by atoms with van der Waals surface area (Å²) in [4.78, 5) is 16.5. The first-order chi connectivity index (χ1) is 13.2. The van der Waals surface area contributed by atoms with Crippen LogP contribution in [0.3, 0.4) is 0 Å². The number of hydrogen-bond acceptors (Lipinski definition) is 6. The number of nitrogens with zero attached hydrogens (tertiary/aromatic N) is 3. The summed E-state index contributed by atoms with van der Waals surface area (Å²) in [6, 6.07) is 11.3. The molecule has 1 N–H and O–H groups in total. The lowest BCUT2D eigenvalue weighted by Crippen LogP contribution is -2.48. The molecule has 0 bridgehead atoms. The van der Waals surface area contributed by atoms with Crippen LogP contribution in [-0.4, -0.2) is 57.4 Å². The first-order valence-electron chi connectivity index (χ1n) is 8.71. The van der Waals surface area contributed by atoms with Gasteiger partial charge < -0.3 is 9.80 Å². The molecule has 1 heterocycles. The van der Waals surface area contributed by atoms with Crippen LogP contribution in [0.5, 0.6) is 0 Å². The van der Waals surface area contributed by atoms with E-state index < -0.39 is 16.1 Å². The molecule has 1 unspecified atom stereocenters. The van der Waals surface area contributed by atoms with Crippen molar-refractivity contribution in [3.63, 3.8) is 0 Å². The molecule has 0 aliphatic heterocycles. The Labute approximate surface area is 170 Å². The Kier molecular flexibility index (Phi) is 7.71. The average molecular weight is 421 g/mol. The third-order valence-electron chi connectivity index (χ3n) is 4.05. The maximum Gasteiger partial charge on any atom is 0.250 e. The zero-order valence-electron chi connectivity index (χ0n) is 16.1. The van der Waals surface area contributed by atoms with Crippen LogP contribution >= 0.6 is 11.3 Å². The summed E-state index contributed by atoms with van der Waals surface area (Å²) in [5.74, 6) is -0.300. The van der Waals surface area contributed by atoms with E-state index in [-0.39, 0.29) is 10.1 Å². The highest BCUT2D eigenvalue weighted by molar-refractivity contribution is 7.91. The molecule has 1 aromatic carbocycles. The minimum absolute atomic E-state index is 0.180. The van der Waals surface area contributed by atoms with E-state index in [0.29, 0.717) is 25.2 Å². The Balaban J connectivity index is 2.14. The van der Waals surface area contributed by atoms with Gasteiger partial charge >= 0.3 is 0 Å². The number of amides is 1. The van der Waals surface area contributed by atoms with E-state index >= 15 is 0 Å². The number of thiophene rings is 1. The minimum Gasteiger partial charge on any atom is -0.336 e. The quantitative estimate of drug-likeness (QED) is 0.668. The highest BCUT2D eigenvalue weighted by atomic mass is 32.2. The number of carbonyl (C=O) groups is 1. The molecule has 1 amide bonds. The molecule has 28 heavy (non-hydrogen) atoms. The number of hydrogen-bond donors (Lipinski definition) is 1. The van der Waals surface area contributed by atoms with E-state index in [9.17, 15) is 13.2 Å². The Morgan fingerprint density at radius 1 is 1.21 bits per heavy atom. The lowest BCUT2D eigenvalue weighted by molar-refractivity contribution is -0.133. The van der Waals surface area contributed by atoms with Crippen molar-refractivity contribution in [1.82, 2.24) is 14.5 Å². The molecule has 0 saturated carbocycles. The van der Waals surface area contributed by atoms with E-state index in [0.717, 1.165) is 16.9 Å². The molecular formula is C19H24N4O3S2. The van der Waals surface area contributed by atoms with Crippen LogP contribution in [0, 0.1) is 11.3 Å². The monoisotopic (exact) mass is 420 g/mol. The Morgan fingerprint density at radius 3 is 2.43 bits per heavy atom. The summed E-state index contributed by atoms with van der Waals surface area (Å²) in [7, 11) is 0.0867. The van der Waals surface area contributed by atoms with Crippen molar-refractivity contribution < 1.29 is 13.2 Å². The van der Waals surface area contributed by atoms with Crippen LogP contribution in [0.15, 0.2) is 46.0 Å². The van der Waals surface area contributed by atoms with E-state index in [4.69, 9.17) is 5.26 Å². The van der Waals surface area contributed by atoms with Gasteiger partial charge in [-0.1, -0.05) is 18.2 Å². The molecule has 1 aromatic heterocycles. The summed E-state index contributed by atoms with van der Waals surface area (Å²) in [5.41, 5.74) is 1.42. The number of sulfonamides is 1. The number of nitrogens with one attached hydrogen (secondary N) is 1. The molecule has 0 fully saturated rings. The summed E-state index contributed by atoms with van der Waals surface area (Å²) in [6.07, 6.45) is 0. The van der Waals surface area contributed by atoms with Crippen LogP contribution in [0.1, 0.15) is 18.1 Å². The van der Waals surface area contributed by atoms with E-state index in [2.05, 4.69) is 10.8 Å². The fraction of sp³-hybridized carbons (Fsp3) is 0.368. The number of benzene rings is 1. The minimum atomic E-state index is -3.73. The third kappa shape index (κ3) is 6.14. The van der Waals surface area contributed by atoms with Crippen molar-refractivity contribution in [1.29, 1.82) is 5.26 Å². The SMILES string of the molecule is CC(NS(=O)(=O)c1cccs1)C(=O)N(CCN(C)C)Cc1ccc(C#N)cc1. The molecule has 2 rings (SSSR count). The lowest BCUT2D eigenvalue weighted by atomic mass is 10.1. The number of rotatable bonds is 9. The predicted octanol–water partition coefficient (Wildman–Crippen LogP) is 1.88. The second-order valence-electron chi connectivity index (χ2n) is 6.65. The molecule has 2 aromatic rings. The van der Waals surface area contributed by atoms with Gasteiger partial charge in [0.25, 0.3) is 10.0 Å². The first kappa shape index (κ1) is 22.0.